The topological polar surface area (TPSA) is 64.7 Å². The molecule has 4 nitrogen and oxygen atoms in total. The summed E-state index contributed by atoms with van der Waals surface area (Å²) < 4.78 is 0. The van der Waals surface area contributed by atoms with Crippen molar-refractivity contribution in [1.29, 1.82) is 0 Å². The van der Waals surface area contributed by atoms with E-state index in [-0.39, 0.29) is 11.9 Å². The second kappa shape index (κ2) is 2.28. The maximum absolute atomic E-state index is 9.67. The molecule has 0 spiro atoms. The van der Waals surface area contributed by atoms with Crippen molar-refractivity contribution in [2.45, 2.75) is 19.8 Å². The van der Waals surface area contributed by atoms with Gasteiger partial charge in [-0.25, -0.2) is 0 Å². The number of nitrogens with zero attached hydrogens (tertiary/aromatic N) is 1. The normalized spacial score (nSPS) is 21.9. The number of carbonyl (C=O) groups excluding carboxylic acids is 1. The number of hydrogen-bond acceptors (Lipinski definition) is 3. The molecule has 4 heteroatoms. The standard InChI is InChI=1S/C6H10N2O2/c1-6(2-3-6)5(7)8-10-4-9/h4H,2-3H2,1H3,(H2,7,8). The Morgan fingerprint density at radius 3 is 2.80 bits per heavy atom. The average Bonchev–Trinajstić information content (AvgIpc) is 2.64. The highest BCUT2D eigenvalue weighted by Gasteiger charge is 2.42. The Balaban J connectivity index is 2.46. The summed E-state index contributed by atoms with van der Waals surface area (Å²) in [6.45, 7) is 2.25. The highest BCUT2D eigenvalue weighted by Crippen LogP contribution is 2.44. The highest BCUT2D eigenvalue weighted by molar-refractivity contribution is 5.88. The molecule has 0 aromatic rings. The third kappa shape index (κ3) is 1.26. The maximum atomic E-state index is 9.67. The van der Waals surface area contributed by atoms with Gasteiger partial charge in [0.05, 0.1) is 0 Å². The van der Waals surface area contributed by atoms with Crippen LogP contribution in [0.3, 0.4) is 0 Å². The predicted molar refractivity (Wildman–Crippen MR) is 36.1 cm³/mol. The van der Waals surface area contributed by atoms with E-state index in [0.29, 0.717) is 5.84 Å². The first-order valence-corrected chi connectivity index (χ1v) is 3.12. The highest BCUT2D eigenvalue weighted by atomic mass is 16.7. The van der Waals surface area contributed by atoms with Gasteiger partial charge in [-0.1, -0.05) is 12.1 Å². The number of hydrogen-bond donors (Lipinski definition) is 1. The van der Waals surface area contributed by atoms with E-state index in [1.165, 1.54) is 0 Å². The molecule has 1 aliphatic carbocycles. The van der Waals surface area contributed by atoms with Crippen molar-refractivity contribution < 1.29 is 9.63 Å². The molecule has 10 heavy (non-hydrogen) atoms. The third-order valence-electron chi connectivity index (χ3n) is 1.81. The Hall–Kier alpha value is -1.06. The van der Waals surface area contributed by atoms with Crippen LogP contribution in [-0.2, 0) is 9.63 Å². The molecule has 0 heterocycles. The van der Waals surface area contributed by atoms with Gasteiger partial charge in [0.1, 0.15) is 5.84 Å². The van der Waals surface area contributed by atoms with Crippen molar-refractivity contribution in [3.8, 4) is 0 Å². The number of oxime groups is 1. The van der Waals surface area contributed by atoms with Crippen LogP contribution >= 0.6 is 0 Å². The summed E-state index contributed by atoms with van der Waals surface area (Å²) in [6.07, 6.45) is 2.06. The Labute approximate surface area is 59.0 Å². The monoisotopic (exact) mass is 142 g/mol. The minimum Gasteiger partial charge on any atom is -0.384 e. The molecule has 1 fully saturated rings. The molecular weight excluding hydrogens is 132 g/mol. The van der Waals surface area contributed by atoms with E-state index >= 15 is 0 Å². The largest absolute Gasteiger partial charge is 0.384 e. The number of amidine groups is 1. The quantitative estimate of drug-likeness (QED) is 0.202. The fourth-order valence-electron chi connectivity index (χ4n) is 0.632. The van der Waals surface area contributed by atoms with E-state index in [1.807, 2.05) is 6.92 Å². The summed E-state index contributed by atoms with van der Waals surface area (Å²) in [5.74, 6) is 0.416. The molecule has 0 aliphatic heterocycles. The fraction of sp³-hybridized carbons (Fsp3) is 0.667. The molecule has 0 saturated heterocycles. The van der Waals surface area contributed by atoms with Crippen LogP contribution in [0, 0.1) is 5.41 Å². The van der Waals surface area contributed by atoms with Gasteiger partial charge in [0, 0.05) is 5.41 Å². The first-order valence-electron chi connectivity index (χ1n) is 3.12. The Morgan fingerprint density at radius 2 is 2.40 bits per heavy atom. The Bertz CT molecular complexity index is 173. The predicted octanol–water partition coefficient (Wildman–Crippen LogP) is 0.232. The SMILES string of the molecule is CC1(C(N)=NOC=O)CC1. The summed E-state index contributed by atoms with van der Waals surface area (Å²) in [7, 11) is 0. The van der Waals surface area contributed by atoms with Crippen molar-refractivity contribution >= 4 is 12.3 Å². The van der Waals surface area contributed by atoms with Gasteiger partial charge >= 0.3 is 6.47 Å². The van der Waals surface area contributed by atoms with Crippen LogP contribution in [0.5, 0.6) is 0 Å². The molecule has 0 unspecified atom stereocenters. The van der Waals surface area contributed by atoms with E-state index < -0.39 is 0 Å². The molecule has 0 radical (unpaired) electrons. The van der Waals surface area contributed by atoms with Crippen LogP contribution in [0.2, 0.25) is 0 Å². The number of carbonyl (C=O) groups is 1. The lowest BCUT2D eigenvalue weighted by atomic mass is 10.1. The van der Waals surface area contributed by atoms with Crippen LogP contribution in [-0.4, -0.2) is 12.3 Å². The molecule has 2 N–H and O–H groups in total. The molecule has 56 valence electrons. The average molecular weight is 142 g/mol. The van der Waals surface area contributed by atoms with E-state index in [2.05, 4.69) is 9.99 Å². The Kier molecular flexibility index (Phi) is 1.61. The van der Waals surface area contributed by atoms with Gasteiger partial charge in [-0.15, -0.1) is 0 Å². The van der Waals surface area contributed by atoms with Crippen molar-refractivity contribution in [3.05, 3.63) is 0 Å². The van der Waals surface area contributed by atoms with Crippen LogP contribution in [0.4, 0.5) is 0 Å². The second-order valence-corrected chi connectivity index (χ2v) is 2.74. The Morgan fingerprint density at radius 1 is 1.80 bits per heavy atom. The van der Waals surface area contributed by atoms with Crippen LogP contribution in [0.15, 0.2) is 5.16 Å². The molecular formula is C6H10N2O2. The van der Waals surface area contributed by atoms with E-state index in [1.54, 1.807) is 0 Å². The van der Waals surface area contributed by atoms with E-state index in [4.69, 9.17) is 5.73 Å². The zero-order chi connectivity index (χ0) is 7.61. The zero-order valence-electron chi connectivity index (χ0n) is 5.83. The lowest BCUT2D eigenvalue weighted by molar-refractivity contribution is -0.128. The fourth-order valence-corrected chi connectivity index (χ4v) is 0.632. The molecule has 0 aromatic heterocycles. The van der Waals surface area contributed by atoms with Gasteiger partial charge in [-0.2, -0.15) is 0 Å². The van der Waals surface area contributed by atoms with Crippen LogP contribution in [0.1, 0.15) is 19.8 Å². The summed E-state index contributed by atoms with van der Waals surface area (Å²) >= 11 is 0. The summed E-state index contributed by atoms with van der Waals surface area (Å²) in [5, 5.41) is 3.40. The molecule has 1 rings (SSSR count). The van der Waals surface area contributed by atoms with Gasteiger partial charge < -0.3 is 10.6 Å². The first-order chi connectivity index (χ1) is 4.69. The maximum Gasteiger partial charge on any atom is 0.323 e. The van der Waals surface area contributed by atoms with E-state index in [9.17, 15) is 4.79 Å². The summed E-state index contributed by atoms with van der Waals surface area (Å²) in [6, 6.07) is 0. The second-order valence-electron chi connectivity index (χ2n) is 2.74. The van der Waals surface area contributed by atoms with Gasteiger partial charge in [-0.05, 0) is 12.8 Å². The van der Waals surface area contributed by atoms with Crippen molar-refractivity contribution in [2.75, 3.05) is 0 Å². The van der Waals surface area contributed by atoms with Crippen LogP contribution < -0.4 is 5.73 Å². The smallest absolute Gasteiger partial charge is 0.323 e. The van der Waals surface area contributed by atoms with E-state index in [0.717, 1.165) is 12.8 Å². The number of rotatable bonds is 3. The molecule has 0 amide bonds. The lowest BCUT2D eigenvalue weighted by Crippen LogP contribution is -2.22. The van der Waals surface area contributed by atoms with Crippen molar-refractivity contribution in [1.82, 2.24) is 0 Å². The summed E-state index contributed by atoms with van der Waals surface area (Å²) in [4.78, 5) is 13.8. The first kappa shape index (κ1) is 7.05. The molecule has 0 bridgehead atoms. The zero-order valence-corrected chi connectivity index (χ0v) is 5.83. The minimum absolute atomic E-state index is 0.00299. The third-order valence-corrected chi connectivity index (χ3v) is 1.81. The van der Waals surface area contributed by atoms with Gasteiger partial charge in [0.15, 0.2) is 0 Å². The molecule has 0 atom stereocenters. The molecule has 1 aliphatic rings. The summed E-state index contributed by atoms with van der Waals surface area (Å²) in [5.41, 5.74) is 5.47. The van der Waals surface area contributed by atoms with Crippen molar-refractivity contribution in [3.63, 3.8) is 0 Å². The van der Waals surface area contributed by atoms with Gasteiger partial charge in [0.2, 0.25) is 0 Å². The van der Waals surface area contributed by atoms with Crippen molar-refractivity contribution in [2.24, 2.45) is 16.3 Å². The minimum atomic E-state index is 0.00299. The van der Waals surface area contributed by atoms with Gasteiger partial charge in [0.25, 0.3) is 0 Å². The lowest BCUT2D eigenvalue weighted by Gasteiger charge is -2.03. The molecule has 0 aromatic carbocycles. The molecule has 1 saturated carbocycles. The van der Waals surface area contributed by atoms with Gasteiger partial charge in [-0.3, -0.25) is 4.79 Å². The number of nitrogens with two attached hydrogens (primary N) is 1. The van der Waals surface area contributed by atoms with Crippen LogP contribution in [0.25, 0.3) is 0 Å².